The highest BCUT2D eigenvalue weighted by atomic mass is 32.1. The van der Waals surface area contributed by atoms with Crippen molar-refractivity contribution in [1.29, 1.82) is 0 Å². The molecule has 1 unspecified atom stereocenters. The Bertz CT molecular complexity index is 627. The summed E-state index contributed by atoms with van der Waals surface area (Å²) >= 11 is 1.76. The molecule has 0 saturated carbocycles. The number of nitrogens with zero attached hydrogens (tertiary/aromatic N) is 2. The fraction of sp³-hybridized carbons (Fsp3) is 0.533. The van der Waals surface area contributed by atoms with Crippen LogP contribution in [0.5, 0.6) is 0 Å². The predicted molar refractivity (Wildman–Crippen MR) is 81.4 cm³/mol. The van der Waals surface area contributed by atoms with Gasteiger partial charge < -0.3 is 4.90 Å². The summed E-state index contributed by atoms with van der Waals surface area (Å²) in [6, 6.07) is 1.88. The number of quaternary nitrogens is 1. The van der Waals surface area contributed by atoms with E-state index in [0.717, 1.165) is 27.7 Å². The highest BCUT2D eigenvalue weighted by Gasteiger charge is 2.46. The Balaban J connectivity index is 1.75. The van der Waals surface area contributed by atoms with Crippen LogP contribution >= 0.6 is 11.3 Å². The number of nitrogens with one attached hydrogen (secondary N) is 1. The number of rotatable bonds is 4. The molecule has 4 amide bonds. The van der Waals surface area contributed by atoms with Crippen LogP contribution in [0.1, 0.15) is 36.8 Å². The molecular weight excluding hydrogens is 302 g/mol. The number of amides is 4. The zero-order valence-electron chi connectivity index (χ0n) is 12.8. The van der Waals surface area contributed by atoms with Gasteiger partial charge in [0.15, 0.2) is 6.67 Å². The van der Waals surface area contributed by atoms with E-state index in [-0.39, 0.29) is 12.7 Å². The minimum Gasteiger partial charge on any atom is -0.311 e. The van der Waals surface area contributed by atoms with Gasteiger partial charge in [-0.25, -0.2) is 9.69 Å². The SMILES string of the molecule is CCCN1C(=O)C(=O)N(C[NH+]2CCc3sccc3[C@@H]2C)C1=O. The molecule has 0 aromatic carbocycles. The molecule has 2 aliphatic rings. The van der Waals surface area contributed by atoms with E-state index in [1.165, 1.54) is 10.4 Å². The molecule has 0 radical (unpaired) electrons. The zero-order chi connectivity index (χ0) is 15.9. The molecule has 0 aliphatic carbocycles. The number of imide groups is 2. The topological polar surface area (TPSA) is 62.1 Å². The lowest BCUT2D eigenvalue weighted by molar-refractivity contribution is -0.938. The van der Waals surface area contributed by atoms with E-state index in [1.807, 2.05) is 6.92 Å². The van der Waals surface area contributed by atoms with Gasteiger partial charge in [-0.1, -0.05) is 6.92 Å². The lowest BCUT2D eigenvalue weighted by Crippen LogP contribution is -3.14. The largest absolute Gasteiger partial charge is 0.338 e. The predicted octanol–water partition coefficient (Wildman–Crippen LogP) is 0.408. The first-order valence-corrected chi connectivity index (χ1v) is 8.50. The maximum atomic E-state index is 12.3. The van der Waals surface area contributed by atoms with E-state index in [0.29, 0.717) is 13.0 Å². The van der Waals surface area contributed by atoms with Gasteiger partial charge in [-0.15, -0.1) is 11.3 Å². The third kappa shape index (κ3) is 2.34. The van der Waals surface area contributed by atoms with E-state index in [9.17, 15) is 14.4 Å². The Morgan fingerprint density at radius 3 is 2.73 bits per heavy atom. The van der Waals surface area contributed by atoms with E-state index in [1.54, 1.807) is 11.3 Å². The summed E-state index contributed by atoms with van der Waals surface area (Å²) in [5.74, 6) is -1.37. The molecule has 2 aliphatic heterocycles. The van der Waals surface area contributed by atoms with Crippen molar-refractivity contribution >= 4 is 29.2 Å². The molecule has 3 rings (SSSR count). The maximum absolute atomic E-state index is 12.3. The first-order valence-electron chi connectivity index (χ1n) is 7.62. The minimum atomic E-state index is -0.688. The van der Waals surface area contributed by atoms with Crippen molar-refractivity contribution in [2.75, 3.05) is 19.8 Å². The third-order valence-corrected chi connectivity index (χ3v) is 5.47. The van der Waals surface area contributed by atoms with Gasteiger partial charge in [0, 0.05) is 23.4 Å². The molecule has 118 valence electrons. The molecule has 1 N–H and O–H groups in total. The summed E-state index contributed by atoms with van der Waals surface area (Å²) in [5.41, 5.74) is 1.29. The molecule has 0 bridgehead atoms. The lowest BCUT2D eigenvalue weighted by Gasteiger charge is -2.32. The van der Waals surface area contributed by atoms with Gasteiger partial charge in [0.25, 0.3) is 0 Å². The first kappa shape index (κ1) is 15.2. The molecule has 1 saturated heterocycles. The Labute approximate surface area is 133 Å². The van der Waals surface area contributed by atoms with Crippen LogP contribution in [-0.2, 0) is 16.0 Å². The second-order valence-electron chi connectivity index (χ2n) is 5.81. The van der Waals surface area contributed by atoms with Crippen LogP contribution < -0.4 is 4.90 Å². The standard InChI is InChI=1S/C15H19N3O3S/c1-3-6-17-13(19)14(20)18(15(17)21)9-16-7-4-12-11(10(16)2)5-8-22-12/h5,8,10H,3-4,6-7,9H2,1-2H3/p+1/t10-/m0/s1. The van der Waals surface area contributed by atoms with Crippen molar-refractivity contribution in [1.82, 2.24) is 9.80 Å². The average Bonchev–Trinajstić information content (AvgIpc) is 3.05. The van der Waals surface area contributed by atoms with Crippen molar-refractivity contribution in [3.63, 3.8) is 0 Å². The van der Waals surface area contributed by atoms with E-state index < -0.39 is 17.8 Å². The minimum absolute atomic E-state index is 0.228. The lowest BCUT2D eigenvalue weighted by atomic mass is 10.0. The number of fused-ring (bicyclic) bond motifs is 1. The Kier molecular flexibility index (Phi) is 4.01. The Morgan fingerprint density at radius 1 is 1.27 bits per heavy atom. The molecule has 1 fully saturated rings. The van der Waals surface area contributed by atoms with Crippen LogP contribution in [0.25, 0.3) is 0 Å². The maximum Gasteiger partial charge on any atom is 0.338 e. The van der Waals surface area contributed by atoms with Crippen molar-refractivity contribution < 1.29 is 19.3 Å². The monoisotopic (exact) mass is 322 g/mol. The van der Waals surface area contributed by atoms with Crippen LogP contribution in [0.4, 0.5) is 4.79 Å². The number of carbonyl (C=O) groups is 3. The number of hydrogen-bond acceptors (Lipinski definition) is 4. The number of hydrogen-bond donors (Lipinski definition) is 1. The van der Waals surface area contributed by atoms with Crippen LogP contribution in [0, 0.1) is 0 Å². The smallest absolute Gasteiger partial charge is 0.311 e. The van der Waals surface area contributed by atoms with Crippen molar-refractivity contribution in [2.24, 2.45) is 0 Å². The molecule has 22 heavy (non-hydrogen) atoms. The average molecular weight is 322 g/mol. The summed E-state index contributed by atoms with van der Waals surface area (Å²) in [5, 5.41) is 2.09. The molecule has 1 aromatic heterocycles. The molecular formula is C15H20N3O3S+. The number of urea groups is 1. The third-order valence-electron chi connectivity index (χ3n) is 4.48. The van der Waals surface area contributed by atoms with Crippen molar-refractivity contribution in [2.45, 2.75) is 32.7 Å². The second kappa shape index (κ2) is 5.81. The Hall–Kier alpha value is -1.73. The summed E-state index contributed by atoms with van der Waals surface area (Å²) < 4.78 is 0. The van der Waals surface area contributed by atoms with Crippen LogP contribution in [0.3, 0.4) is 0 Å². The van der Waals surface area contributed by atoms with E-state index in [4.69, 9.17) is 0 Å². The van der Waals surface area contributed by atoms with Gasteiger partial charge in [-0.05, 0) is 24.8 Å². The summed E-state index contributed by atoms with van der Waals surface area (Å²) in [4.78, 5) is 41.0. The number of carbonyl (C=O) groups excluding carboxylic acids is 3. The van der Waals surface area contributed by atoms with Gasteiger partial charge in [0.2, 0.25) is 0 Å². The van der Waals surface area contributed by atoms with Gasteiger partial charge >= 0.3 is 17.8 Å². The molecule has 7 heteroatoms. The highest BCUT2D eigenvalue weighted by molar-refractivity contribution is 7.10. The molecule has 0 spiro atoms. The van der Waals surface area contributed by atoms with Crippen molar-refractivity contribution in [3.8, 4) is 0 Å². The second-order valence-corrected chi connectivity index (χ2v) is 6.81. The molecule has 1 aromatic rings. The number of thiophene rings is 1. The van der Waals surface area contributed by atoms with Crippen LogP contribution in [-0.4, -0.2) is 47.4 Å². The zero-order valence-corrected chi connectivity index (χ0v) is 13.6. The molecule has 2 atom stereocenters. The quantitative estimate of drug-likeness (QED) is 0.645. The fourth-order valence-electron chi connectivity index (χ4n) is 3.18. The van der Waals surface area contributed by atoms with Crippen molar-refractivity contribution in [3.05, 3.63) is 21.9 Å². The summed E-state index contributed by atoms with van der Waals surface area (Å²) in [6.07, 6.45) is 1.61. The van der Waals surface area contributed by atoms with Gasteiger partial charge in [-0.3, -0.25) is 14.5 Å². The van der Waals surface area contributed by atoms with Crippen LogP contribution in [0.15, 0.2) is 11.4 Å². The Morgan fingerprint density at radius 2 is 2.00 bits per heavy atom. The molecule has 3 heterocycles. The molecule has 6 nitrogen and oxygen atoms in total. The summed E-state index contributed by atoms with van der Waals surface area (Å²) in [7, 11) is 0. The van der Waals surface area contributed by atoms with E-state index >= 15 is 0 Å². The van der Waals surface area contributed by atoms with Crippen LogP contribution in [0.2, 0.25) is 0 Å². The normalized spacial score (nSPS) is 25.1. The summed E-state index contributed by atoms with van der Waals surface area (Å²) in [6.45, 7) is 5.42. The van der Waals surface area contributed by atoms with E-state index in [2.05, 4.69) is 18.4 Å². The fourth-order valence-corrected chi connectivity index (χ4v) is 4.16. The van der Waals surface area contributed by atoms with Gasteiger partial charge in [0.05, 0.1) is 6.54 Å². The van der Waals surface area contributed by atoms with Gasteiger partial charge in [0.1, 0.15) is 6.04 Å². The highest BCUT2D eigenvalue weighted by Crippen LogP contribution is 2.24. The van der Waals surface area contributed by atoms with Gasteiger partial charge in [-0.2, -0.15) is 0 Å². The first-order chi connectivity index (χ1) is 10.5.